The molecule has 1 aliphatic rings. The topological polar surface area (TPSA) is 21.3 Å². The third kappa shape index (κ3) is 0.963. The minimum Gasteiger partial charge on any atom is -0.382 e. The van der Waals surface area contributed by atoms with Gasteiger partial charge in [-0.2, -0.15) is 0 Å². The van der Waals surface area contributed by atoms with E-state index in [-0.39, 0.29) is 0 Å². The molecule has 2 heteroatoms. The highest BCUT2D eigenvalue weighted by atomic mass is 16.6. The van der Waals surface area contributed by atoms with Crippen molar-refractivity contribution < 1.29 is 4.84 Å². The number of benzene rings is 1. The Morgan fingerprint density at radius 2 is 2.09 bits per heavy atom. The quantitative estimate of drug-likeness (QED) is 0.605. The highest BCUT2D eigenvalue weighted by Gasteiger charge is 2.07. The van der Waals surface area contributed by atoms with Gasteiger partial charge in [0.25, 0.3) is 0 Å². The molecule has 0 amide bonds. The normalized spacial score (nSPS) is 14.1. The Morgan fingerprint density at radius 3 is 2.91 bits per heavy atom. The van der Waals surface area contributed by atoms with Gasteiger partial charge in [-0.25, -0.2) is 5.48 Å². The van der Waals surface area contributed by atoms with E-state index in [2.05, 4.69) is 5.48 Å². The second-order valence-corrected chi connectivity index (χ2v) is 2.54. The third-order valence-corrected chi connectivity index (χ3v) is 1.76. The average molecular weight is 147 g/mol. The number of hydrogen-bond acceptors (Lipinski definition) is 2. The fraction of sp³-hybridized carbons (Fsp3) is 0.111. The minimum absolute atomic E-state index is 0.896. The molecule has 11 heavy (non-hydrogen) atoms. The molecule has 0 atom stereocenters. The monoisotopic (exact) mass is 147 g/mol. The predicted molar refractivity (Wildman–Crippen MR) is 43.9 cm³/mol. The van der Waals surface area contributed by atoms with Gasteiger partial charge in [-0.1, -0.05) is 18.2 Å². The predicted octanol–water partition coefficient (Wildman–Crippen LogP) is 1.94. The maximum Gasteiger partial charge on any atom is 0.162 e. The summed E-state index contributed by atoms with van der Waals surface area (Å²) in [6.07, 6.45) is 1.85. The molecule has 1 heterocycles. The van der Waals surface area contributed by atoms with Crippen molar-refractivity contribution in [2.24, 2.45) is 0 Å². The molecule has 1 aromatic rings. The molecule has 1 N–H and O–H groups in total. The highest BCUT2D eigenvalue weighted by molar-refractivity contribution is 5.69. The van der Waals surface area contributed by atoms with Crippen molar-refractivity contribution in [2.75, 3.05) is 0 Å². The van der Waals surface area contributed by atoms with Crippen LogP contribution in [0.2, 0.25) is 0 Å². The zero-order valence-corrected chi connectivity index (χ0v) is 6.29. The fourth-order valence-corrected chi connectivity index (χ4v) is 1.14. The summed E-state index contributed by atoms with van der Waals surface area (Å²) in [7, 11) is 0. The first-order valence-electron chi connectivity index (χ1n) is 3.56. The average Bonchev–Trinajstić information content (AvgIpc) is 2.06. The van der Waals surface area contributed by atoms with E-state index in [1.54, 1.807) is 0 Å². The number of hydrogen-bond donors (Lipinski definition) is 1. The van der Waals surface area contributed by atoms with E-state index < -0.39 is 0 Å². The molecule has 0 saturated carbocycles. The van der Waals surface area contributed by atoms with Gasteiger partial charge in [0.2, 0.25) is 0 Å². The molecule has 56 valence electrons. The molecule has 2 rings (SSSR count). The first-order chi connectivity index (χ1) is 5.38. The summed E-state index contributed by atoms with van der Waals surface area (Å²) in [4.78, 5) is 5.17. The lowest BCUT2D eigenvalue weighted by Crippen LogP contribution is -2.15. The van der Waals surface area contributed by atoms with E-state index in [0.29, 0.717) is 0 Å². The summed E-state index contributed by atoms with van der Waals surface area (Å²) in [6.45, 7) is 2.05. The number of hydroxylamine groups is 1. The van der Waals surface area contributed by atoms with Gasteiger partial charge in [0.05, 0.1) is 0 Å². The van der Waals surface area contributed by atoms with Gasteiger partial charge >= 0.3 is 0 Å². The van der Waals surface area contributed by atoms with Crippen molar-refractivity contribution >= 4 is 5.57 Å². The van der Waals surface area contributed by atoms with E-state index in [4.69, 9.17) is 4.84 Å². The molecule has 0 saturated heterocycles. The van der Waals surface area contributed by atoms with E-state index in [1.165, 1.54) is 5.57 Å². The zero-order valence-electron chi connectivity index (χ0n) is 6.29. The number of allylic oxidation sites excluding steroid dienone is 1. The summed E-state index contributed by atoms with van der Waals surface area (Å²) in [5.41, 5.74) is 5.09. The SMILES string of the molecule is CC1=CNOc2ccccc21. The minimum atomic E-state index is 0.896. The lowest BCUT2D eigenvalue weighted by molar-refractivity contribution is 0.238. The molecule has 2 nitrogen and oxygen atoms in total. The summed E-state index contributed by atoms with van der Waals surface area (Å²) in [5.74, 6) is 0.896. The Hall–Kier alpha value is -1.44. The van der Waals surface area contributed by atoms with Gasteiger partial charge in [-0.3, -0.25) is 0 Å². The van der Waals surface area contributed by atoms with E-state index in [1.807, 2.05) is 37.4 Å². The molecular formula is C9H9NO. The standard InChI is InChI=1S/C9H9NO/c1-7-6-10-11-9-5-3-2-4-8(7)9/h2-6,10H,1H3. The van der Waals surface area contributed by atoms with Crippen molar-refractivity contribution in [1.29, 1.82) is 0 Å². The molecule has 0 spiro atoms. The Labute approximate surface area is 65.4 Å². The molecule has 0 unspecified atom stereocenters. The maximum atomic E-state index is 5.17. The van der Waals surface area contributed by atoms with Gasteiger partial charge in [0.15, 0.2) is 5.75 Å². The Balaban J connectivity index is 2.56. The Morgan fingerprint density at radius 1 is 1.27 bits per heavy atom. The van der Waals surface area contributed by atoms with Crippen LogP contribution in [-0.2, 0) is 0 Å². The zero-order chi connectivity index (χ0) is 7.68. The van der Waals surface area contributed by atoms with Gasteiger partial charge in [-0.05, 0) is 18.6 Å². The van der Waals surface area contributed by atoms with Gasteiger partial charge in [0, 0.05) is 11.8 Å². The Bertz CT molecular complexity index is 304. The summed E-state index contributed by atoms with van der Waals surface area (Å²) >= 11 is 0. The maximum absolute atomic E-state index is 5.17. The molecule has 0 radical (unpaired) electrons. The smallest absolute Gasteiger partial charge is 0.162 e. The van der Waals surface area contributed by atoms with Crippen LogP contribution < -0.4 is 10.3 Å². The van der Waals surface area contributed by atoms with Gasteiger partial charge in [-0.15, -0.1) is 0 Å². The number of para-hydroxylation sites is 1. The number of nitrogens with one attached hydrogen (secondary N) is 1. The summed E-state index contributed by atoms with van der Waals surface area (Å²) in [5, 5.41) is 0. The highest BCUT2D eigenvalue weighted by Crippen LogP contribution is 2.26. The largest absolute Gasteiger partial charge is 0.382 e. The van der Waals surface area contributed by atoms with Gasteiger partial charge < -0.3 is 4.84 Å². The van der Waals surface area contributed by atoms with Crippen molar-refractivity contribution in [2.45, 2.75) is 6.92 Å². The van der Waals surface area contributed by atoms with Crippen LogP contribution in [0.4, 0.5) is 0 Å². The molecule has 0 bridgehead atoms. The van der Waals surface area contributed by atoms with Crippen LogP contribution in [0.3, 0.4) is 0 Å². The van der Waals surface area contributed by atoms with Crippen molar-refractivity contribution in [3.8, 4) is 5.75 Å². The summed E-state index contributed by atoms with van der Waals surface area (Å²) in [6, 6.07) is 7.95. The molecule has 1 aliphatic heterocycles. The van der Waals surface area contributed by atoms with Crippen LogP contribution in [-0.4, -0.2) is 0 Å². The molecule has 1 aromatic carbocycles. The first-order valence-corrected chi connectivity index (χ1v) is 3.56. The van der Waals surface area contributed by atoms with Crippen LogP contribution in [0.15, 0.2) is 30.5 Å². The lowest BCUT2D eigenvalue weighted by Gasteiger charge is -2.15. The van der Waals surface area contributed by atoms with Crippen molar-refractivity contribution in [1.82, 2.24) is 5.48 Å². The van der Waals surface area contributed by atoms with Crippen LogP contribution >= 0.6 is 0 Å². The molecule has 0 aromatic heterocycles. The molecular weight excluding hydrogens is 138 g/mol. The van der Waals surface area contributed by atoms with E-state index in [0.717, 1.165) is 11.3 Å². The van der Waals surface area contributed by atoms with E-state index in [9.17, 15) is 0 Å². The molecule has 0 fully saturated rings. The summed E-state index contributed by atoms with van der Waals surface area (Å²) < 4.78 is 0. The lowest BCUT2D eigenvalue weighted by atomic mass is 10.1. The fourth-order valence-electron chi connectivity index (χ4n) is 1.14. The van der Waals surface area contributed by atoms with Crippen molar-refractivity contribution in [3.63, 3.8) is 0 Å². The Kier molecular flexibility index (Phi) is 1.32. The second-order valence-electron chi connectivity index (χ2n) is 2.54. The van der Waals surface area contributed by atoms with Crippen LogP contribution in [0.1, 0.15) is 12.5 Å². The van der Waals surface area contributed by atoms with Crippen LogP contribution in [0, 0.1) is 0 Å². The third-order valence-electron chi connectivity index (χ3n) is 1.76. The molecule has 0 aliphatic carbocycles. The van der Waals surface area contributed by atoms with Crippen LogP contribution in [0.5, 0.6) is 5.75 Å². The first kappa shape index (κ1) is 6.28. The van der Waals surface area contributed by atoms with Crippen LogP contribution in [0.25, 0.3) is 5.57 Å². The van der Waals surface area contributed by atoms with E-state index >= 15 is 0 Å². The second kappa shape index (κ2) is 2.31. The number of rotatable bonds is 0. The number of fused-ring (bicyclic) bond motifs is 1. The van der Waals surface area contributed by atoms with Crippen molar-refractivity contribution in [3.05, 3.63) is 36.0 Å². The van der Waals surface area contributed by atoms with Gasteiger partial charge in [0.1, 0.15) is 0 Å².